The van der Waals surface area contributed by atoms with E-state index in [9.17, 15) is 0 Å². The lowest BCUT2D eigenvalue weighted by Crippen LogP contribution is -2.23. The second kappa shape index (κ2) is 6.71. The van der Waals surface area contributed by atoms with E-state index in [0.717, 1.165) is 26.9 Å². The summed E-state index contributed by atoms with van der Waals surface area (Å²) in [4.78, 5) is 9.17. The van der Waals surface area contributed by atoms with Crippen molar-refractivity contribution in [2.24, 2.45) is 0 Å². The molecular formula is C16H20BrN3O. The Morgan fingerprint density at radius 2 is 2.10 bits per heavy atom. The van der Waals surface area contributed by atoms with Crippen molar-refractivity contribution in [3.05, 3.63) is 28.4 Å². The molecule has 21 heavy (non-hydrogen) atoms. The molecule has 0 amide bonds. The lowest BCUT2D eigenvalue weighted by molar-refractivity contribution is 0.186. The fourth-order valence-corrected chi connectivity index (χ4v) is 3.47. The van der Waals surface area contributed by atoms with Gasteiger partial charge in [-0.25, -0.2) is 9.97 Å². The van der Waals surface area contributed by atoms with Gasteiger partial charge in [0.2, 0.25) is 5.95 Å². The third kappa shape index (κ3) is 3.52. The van der Waals surface area contributed by atoms with Crippen molar-refractivity contribution in [2.75, 3.05) is 12.4 Å². The highest BCUT2D eigenvalue weighted by Gasteiger charge is 2.15. The average Bonchev–Trinajstić information content (AvgIpc) is 2.49. The van der Waals surface area contributed by atoms with Crippen LogP contribution in [0.5, 0.6) is 0 Å². The molecule has 5 heteroatoms. The van der Waals surface area contributed by atoms with Crippen molar-refractivity contribution in [1.29, 1.82) is 0 Å². The molecule has 0 radical (unpaired) electrons. The van der Waals surface area contributed by atoms with E-state index in [1.54, 1.807) is 7.11 Å². The smallest absolute Gasteiger partial charge is 0.223 e. The Morgan fingerprint density at radius 3 is 2.86 bits per heavy atom. The number of fused-ring (bicyclic) bond motifs is 1. The predicted molar refractivity (Wildman–Crippen MR) is 88.4 cm³/mol. The molecule has 2 aromatic rings. The molecule has 1 saturated carbocycles. The number of nitrogens with zero attached hydrogens (tertiary/aromatic N) is 2. The van der Waals surface area contributed by atoms with E-state index < -0.39 is 0 Å². The minimum absolute atomic E-state index is 0.512. The quantitative estimate of drug-likeness (QED) is 0.894. The van der Waals surface area contributed by atoms with Gasteiger partial charge < -0.3 is 10.1 Å². The number of hydrogen-bond donors (Lipinski definition) is 1. The average molecular weight is 350 g/mol. The Kier molecular flexibility index (Phi) is 4.70. The van der Waals surface area contributed by atoms with Gasteiger partial charge in [0.1, 0.15) is 0 Å². The predicted octanol–water partition coefficient (Wildman–Crippen LogP) is 4.28. The van der Waals surface area contributed by atoms with Gasteiger partial charge in [0.15, 0.2) is 0 Å². The topological polar surface area (TPSA) is 47.0 Å². The molecule has 4 nitrogen and oxygen atoms in total. The lowest BCUT2D eigenvalue weighted by Gasteiger charge is -2.22. The van der Waals surface area contributed by atoms with Gasteiger partial charge in [0.25, 0.3) is 0 Å². The van der Waals surface area contributed by atoms with Crippen LogP contribution in [0.25, 0.3) is 10.9 Å². The molecular weight excluding hydrogens is 330 g/mol. The van der Waals surface area contributed by atoms with E-state index in [-0.39, 0.29) is 0 Å². The van der Waals surface area contributed by atoms with Crippen LogP contribution in [0, 0.1) is 0 Å². The van der Waals surface area contributed by atoms with Gasteiger partial charge in [-0.1, -0.05) is 35.2 Å². The SMILES string of the molecule is COCc1cc(Br)cc2cnc(NC3CCCCC3)nc12. The molecule has 1 aliphatic carbocycles. The Labute approximate surface area is 133 Å². The van der Waals surface area contributed by atoms with Gasteiger partial charge in [-0.2, -0.15) is 0 Å². The summed E-state index contributed by atoms with van der Waals surface area (Å²) in [5.74, 6) is 0.731. The van der Waals surface area contributed by atoms with Crippen molar-refractivity contribution < 1.29 is 4.74 Å². The fourth-order valence-electron chi connectivity index (χ4n) is 2.94. The lowest BCUT2D eigenvalue weighted by atomic mass is 9.96. The summed E-state index contributed by atoms with van der Waals surface area (Å²) < 4.78 is 6.31. The molecule has 112 valence electrons. The number of ether oxygens (including phenoxy) is 1. The van der Waals surface area contributed by atoms with Crippen molar-refractivity contribution in [1.82, 2.24) is 9.97 Å². The first-order valence-corrected chi connectivity index (χ1v) is 8.26. The van der Waals surface area contributed by atoms with Crippen molar-refractivity contribution in [3.8, 4) is 0 Å². The molecule has 1 aromatic heterocycles. The van der Waals surface area contributed by atoms with Crippen LogP contribution in [-0.4, -0.2) is 23.1 Å². The Morgan fingerprint density at radius 1 is 1.29 bits per heavy atom. The van der Waals surface area contributed by atoms with Crippen LogP contribution in [0.3, 0.4) is 0 Å². The maximum Gasteiger partial charge on any atom is 0.223 e. The maximum absolute atomic E-state index is 5.28. The van der Waals surface area contributed by atoms with Crippen LogP contribution in [0.15, 0.2) is 22.8 Å². The van der Waals surface area contributed by atoms with E-state index in [1.165, 1.54) is 32.1 Å². The number of halogens is 1. The highest BCUT2D eigenvalue weighted by molar-refractivity contribution is 9.10. The summed E-state index contributed by atoms with van der Waals surface area (Å²) in [6, 6.07) is 4.61. The molecule has 1 aliphatic rings. The van der Waals surface area contributed by atoms with Crippen LogP contribution in [-0.2, 0) is 11.3 Å². The van der Waals surface area contributed by atoms with Crippen LogP contribution in [0.2, 0.25) is 0 Å². The van der Waals surface area contributed by atoms with Crippen LogP contribution >= 0.6 is 15.9 Å². The van der Waals surface area contributed by atoms with Gasteiger partial charge >= 0.3 is 0 Å². The number of aromatic nitrogens is 2. The Balaban J connectivity index is 1.90. The zero-order chi connectivity index (χ0) is 14.7. The van der Waals surface area contributed by atoms with Crippen molar-refractivity contribution in [3.63, 3.8) is 0 Å². The molecule has 1 heterocycles. The Bertz CT molecular complexity index is 626. The second-order valence-corrected chi connectivity index (χ2v) is 6.52. The van der Waals surface area contributed by atoms with Crippen LogP contribution < -0.4 is 5.32 Å². The van der Waals surface area contributed by atoms with Gasteiger partial charge in [-0.15, -0.1) is 0 Å². The number of nitrogens with one attached hydrogen (secondary N) is 1. The molecule has 3 rings (SSSR count). The minimum Gasteiger partial charge on any atom is -0.380 e. The number of anilines is 1. The molecule has 1 aromatic carbocycles. The second-order valence-electron chi connectivity index (χ2n) is 5.61. The molecule has 0 bridgehead atoms. The van der Waals surface area contributed by atoms with Crippen molar-refractivity contribution >= 4 is 32.8 Å². The summed E-state index contributed by atoms with van der Waals surface area (Å²) in [6.45, 7) is 0.551. The number of hydrogen-bond acceptors (Lipinski definition) is 4. The third-order valence-corrected chi connectivity index (χ3v) is 4.42. The molecule has 0 aliphatic heterocycles. The monoisotopic (exact) mass is 349 g/mol. The first kappa shape index (κ1) is 14.7. The zero-order valence-corrected chi connectivity index (χ0v) is 13.8. The van der Waals surface area contributed by atoms with E-state index >= 15 is 0 Å². The molecule has 0 saturated heterocycles. The van der Waals surface area contributed by atoms with Crippen LogP contribution in [0.1, 0.15) is 37.7 Å². The maximum atomic E-state index is 5.28. The van der Waals surface area contributed by atoms with Crippen LogP contribution in [0.4, 0.5) is 5.95 Å². The van der Waals surface area contributed by atoms with E-state index in [0.29, 0.717) is 12.6 Å². The number of rotatable bonds is 4. The summed E-state index contributed by atoms with van der Waals surface area (Å²) in [5.41, 5.74) is 2.05. The normalized spacial score (nSPS) is 16.3. The van der Waals surface area contributed by atoms with Gasteiger partial charge in [-0.3, -0.25) is 0 Å². The largest absolute Gasteiger partial charge is 0.380 e. The van der Waals surface area contributed by atoms with Gasteiger partial charge in [0, 0.05) is 34.8 Å². The first-order valence-electron chi connectivity index (χ1n) is 7.47. The first-order chi connectivity index (χ1) is 10.3. The molecule has 0 atom stereocenters. The molecule has 0 spiro atoms. The van der Waals surface area contributed by atoms with E-state index in [2.05, 4.69) is 32.3 Å². The van der Waals surface area contributed by atoms with Gasteiger partial charge in [-0.05, 0) is 25.0 Å². The summed E-state index contributed by atoms with van der Waals surface area (Å²) in [7, 11) is 1.70. The zero-order valence-electron chi connectivity index (χ0n) is 12.2. The highest BCUT2D eigenvalue weighted by Crippen LogP contribution is 2.25. The number of benzene rings is 1. The summed E-state index contributed by atoms with van der Waals surface area (Å²) in [6.07, 6.45) is 8.26. The van der Waals surface area contributed by atoms with E-state index in [4.69, 9.17) is 9.72 Å². The standard InChI is InChI=1S/C16H20BrN3O/c1-21-10-12-8-13(17)7-11-9-18-16(20-15(11)12)19-14-5-3-2-4-6-14/h7-9,14H,2-6,10H2,1H3,(H,18,19,20). The summed E-state index contributed by atoms with van der Waals surface area (Å²) in [5, 5.41) is 4.52. The summed E-state index contributed by atoms with van der Waals surface area (Å²) >= 11 is 3.52. The Hall–Kier alpha value is -1.20. The highest BCUT2D eigenvalue weighted by atomic mass is 79.9. The molecule has 1 N–H and O–H groups in total. The molecule has 1 fully saturated rings. The molecule has 0 unspecified atom stereocenters. The van der Waals surface area contributed by atoms with Crippen molar-refractivity contribution in [2.45, 2.75) is 44.8 Å². The fraction of sp³-hybridized carbons (Fsp3) is 0.500. The van der Waals surface area contributed by atoms with E-state index in [1.807, 2.05) is 12.3 Å². The van der Waals surface area contributed by atoms with Gasteiger partial charge in [0.05, 0.1) is 12.1 Å². The number of methoxy groups -OCH3 is 1. The minimum atomic E-state index is 0.512. The third-order valence-electron chi connectivity index (χ3n) is 3.96.